The number of rotatable bonds is 6. The maximum atomic E-state index is 2.81. The van der Waals surface area contributed by atoms with E-state index in [2.05, 4.69) is 30.0 Å². The van der Waals surface area contributed by atoms with Crippen molar-refractivity contribution in [3.63, 3.8) is 0 Å². The second-order valence-corrected chi connectivity index (χ2v) is 4.58. The zero-order chi connectivity index (χ0) is 8.69. The molecular formula is C10H23P. The molecule has 0 aromatic rings. The number of hydrogen-bond acceptors (Lipinski definition) is 0. The third kappa shape index (κ3) is 8.34. The van der Waals surface area contributed by atoms with Gasteiger partial charge in [-0.25, -0.2) is 0 Å². The second kappa shape index (κ2) is 7.10. The summed E-state index contributed by atoms with van der Waals surface area (Å²) in [5.41, 5.74) is 0. The van der Waals surface area contributed by atoms with Gasteiger partial charge in [-0.15, -0.1) is 9.24 Å². The summed E-state index contributed by atoms with van der Waals surface area (Å²) in [6.07, 6.45) is 6.89. The van der Waals surface area contributed by atoms with Crippen LogP contribution in [0.15, 0.2) is 0 Å². The fraction of sp³-hybridized carbons (Fsp3) is 1.00. The van der Waals surface area contributed by atoms with Gasteiger partial charge in [0.15, 0.2) is 0 Å². The van der Waals surface area contributed by atoms with Crippen molar-refractivity contribution >= 4 is 9.24 Å². The Morgan fingerprint density at radius 1 is 1.00 bits per heavy atom. The first-order valence-corrected chi connectivity index (χ1v) is 5.68. The monoisotopic (exact) mass is 174 g/mol. The summed E-state index contributed by atoms with van der Waals surface area (Å²) in [5.74, 6) is 1.82. The van der Waals surface area contributed by atoms with E-state index in [-0.39, 0.29) is 0 Å². The average molecular weight is 174 g/mol. The SMILES string of the molecule is CC(C)CCCC(C)CCP. The molecule has 68 valence electrons. The number of hydrogen-bond donors (Lipinski definition) is 0. The lowest BCUT2D eigenvalue weighted by Crippen LogP contribution is -1.96. The van der Waals surface area contributed by atoms with Gasteiger partial charge in [0, 0.05) is 0 Å². The minimum Gasteiger partial charge on any atom is -0.138 e. The summed E-state index contributed by atoms with van der Waals surface area (Å²) in [6, 6.07) is 0. The molecule has 1 heteroatoms. The molecule has 0 aromatic carbocycles. The molecule has 2 atom stereocenters. The van der Waals surface area contributed by atoms with E-state index in [0.717, 1.165) is 11.8 Å². The van der Waals surface area contributed by atoms with Crippen LogP contribution in [0.1, 0.15) is 46.5 Å². The van der Waals surface area contributed by atoms with Crippen molar-refractivity contribution in [2.45, 2.75) is 46.5 Å². The Kier molecular flexibility index (Phi) is 7.38. The van der Waals surface area contributed by atoms with Crippen molar-refractivity contribution in [2.75, 3.05) is 6.16 Å². The molecule has 0 aromatic heterocycles. The Morgan fingerprint density at radius 3 is 2.09 bits per heavy atom. The van der Waals surface area contributed by atoms with Gasteiger partial charge in [0.05, 0.1) is 0 Å². The third-order valence-corrected chi connectivity index (χ3v) is 2.47. The second-order valence-electron chi connectivity index (χ2n) is 4.01. The van der Waals surface area contributed by atoms with Crippen LogP contribution in [0.4, 0.5) is 0 Å². The molecular weight excluding hydrogens is 151 g/mol. The Hall–Kier alpha value is 0.430. The van der Waals surface area contributed by atoms with Crippen molar-refractivity contribution in [2.24, 2.45) is 11.8 Å². The molecule has 0 aliphatic heterocycles. The normalized spacial score (nSPS) is 13.9. The minimum atomic E-state index is 0.887. The third-order valence-electron chi connectivity index (χ3n) is 2.14. The van der Waals surface area contributed by atoms with Gasteiger partial charge >= 0.3 is 0 Å². The molecule has 0 saturated heterocycles. The quantitative estimate of drug-likeness (QED) is 0.538. The largest absolute Gasteiger partial charge is 0.138 e. The van der Waals surface area contributed by atoms with E-state index in [1.165, 1.54) is 31.8 Å². The fourth-order valence-electron chi connectivity index (χ4n) is 1.30. The molecule has 0 radical (unpaired) electrons. The van der Waals surface area contributed by atoms with Gasteiger partial charge in [-0.1, -0.05) is 40.0 Å². The summed E-state index contributed by atoms with van der Waals surface area (Å²) in [5, 5.41) is 0. The van der Waals surface area contributed by atoms with Crippen LogP contribution < -0.4 is 0 Å². The molecule has 0 aliphatic carbocycles. The van der Waals surface area contributed by atoms with Crippen molar-refractivity contribution in [1.29, 1.82) is 0 Å². The molecule has 0 amide bonds. The molecule has 0 bridgehead atoms. The molecule has 0 nitrogen and oxygen atoms in total. The molecule has 11 heavy (non-hydrogen) atoms. The van der Waals surface area contributed by atoms with E-state index in [1.54, 1.807) is 0 Å². The van der Waals surface area contributed by atoms with E-state index in [4.69, 9.17) is 0 Å². The maximum absolute atomic E-state index is 2.81. The molecule has 0 N–H and O–H groups in total. The van der Waals surface area contributed by atoms with Crippen molar-refractivity contribution in [3.8, 4) is 0 Å². The molecule has 0 aliphatic rings. The molecule has 2 unspecified atom stereocenters. The molecule has 0 rings (SSSR count). The van der Waals surface area contributed by atoms with E-state index >= 15 is 0 Å². The van der Waals surface area contributed by atoms with E-state index in [1.807, 2.05) is 0 Å². The standard InChI is InChI=1S/C10H23P/c1-9(2)5-4-6-10(3)7-8-11/h9-10H,4-8,11H2,1-3H3. The highest BCUT2D eigenvalue weighted by Crippen LogP contribution is 2.15. The Labute approximate surface area is 74.4 Å². The van der Waals surface area contributed by atoms with E-state index in [9.17, 15) is 0 Å². The van der Waals surface area contributed by atoms with Crippen LogP contribution in [0.3, 0.4) is 0 Å². The van der Waals surface area contributed by atoms with Crippen LogP contribution in [0.25, 0.3) is 0 Å². The van der Waals surface area contributed by atoms with Gasteiger partial charge < -0.3 is 0 Å². The first-order valence-electron chi connectivity index (χ1n) is 4.87. The van der Waals surface area contributed by atoms with E-state index in [0.29, 0.717) is 0 Å². The van der Waals surface area contributed by atoms with Gasteiger partial charge in [-0.2, -0.15) is 0 Å². The first kappa shape index (κ1) is 11.4. The van der Waals surface area contributed by atoms with Gasteiger partial charge in [0.1, 0.15) is 0 Å². The Morgan fingerprint density at radius 2 is 1.64 bits per heavy atom. The summed E-state index contributed by atoms with van der Waals surface area (Å²) in [7, 11) is 2.81. The summed E-state index contributed by atoms with van der Waals surface area (Å²) >= 11 is 0. The van der Waals surface area contributed by atoms with Crippen LogP contribution >= 0.6 is 9.24 Å². The first-order chi connectivity index (χ1) is 5.16. The highest BCUT2D eigenvalue weighted by Gasteiger charge is 2.00. The van der Waals surface area contributed by atoms with Gasteiger partial charge in [-0.3, -0.25) is 0 Å². The lowest BCUT2D eigenvalue weighted by molar-refractivity contribution is 0.451. The lowest BCUT2D eigenvalue weighted by atomic mass is 9.98. The summed E-state index contributed by atoms with van der Waals surface area (Å²) < 4.78 is 0. The van der Waals surface area contributed by atoms with Crippen LogP contribution in [0.2, 0.25) is 0 Å². The summed E-state index contributed by atoms with van der Waals surface area (Å²) in [6.45, 7) is 6.98. The molecule has 0 heterocycles. The van der Waals surface area contributed by atoms with Gasteiger partial charge in [0.2, 0.25) is 0 Å². The van der Waals surface area contributed by atoms with Crippen molar-refractivity contribution in [1.82, 2.24) is 0 Å². The average Bonchev–Trinajstić information content (AvgIpc) is 1.87. The molecule has 0 saturated carbocycles. The van der Waals surface area contributed by atoms with Gasteiger partial charge in [0.25, 0.3) is 0 Å². The molecule has 0 fully saturated rings. The van der Waals surface area contributed by atoms with Crippen LogP contribution in [0.5, 0.6) is 0 Å². The predicted octanol–water partition coefficient (Wildman–Crippen LogP) is 3.71. The van der Waals surface area contributed by atoms with E-state index < -0.39 is 0 Å². The zero-order valence-electron chi connectivity index (χ0n) is 8.27. The van der Waals surface area contributed by atoms with Gasteiger partial charge in [-0.05, 0) is 24.4 Å². The maximum Gasteiger partial charge on any atom is -0.0379 e. The van der Waals surface area contributed by atoms with Crippen LogP contribution in [-0.4, -0.2) is 6.16 Å². The minimum absolute atomic E-state index is 0.887. The fourth-order valence-corrected chi connectivity index (χ4v) is 1.87. The van der Waals surface area contributed by atoms with Crippen molar-refractivity contribution in [3.05, 3.63) is 0 Å². The Balaban J connectivity index is 3.10. The molecule has 0 spiro atoms. The highest BCUT2D eigenvalue weighted by molar-refractivity contribution is 7.16. The zero-order valence-corrected chi connectivity index (χ0v) is 9.42. The topological polar surface area (TPSA) is 0 Å². The predicted molar refractivity (Wildman–Crippen MR) is 57.0 cm³/mol. The lowest BCUT2D eigenvalue weighted by Gasteiger charge is -2.10. The highest BCUT2D eigenvalue weighted by atomic mass is 31.0. The van der Waals surface area contributed by atoms with Crippen LogP contribution in [-0.2, 0) is 0 Å². The van der Waals surface area contributed by atoms with Crippen LogP contribution in [0, 0.1) is 11.8 Å². The smallest absolute Gasteiger partial charge is 0.0379 e. The van der Waals surface area contributed by atoms with Crippen molar-refractivity contribution < 1.29 is 0 Å². The Bertz CT molecular complexity index is 78.9. The summed E-state index contributed by atoms with van der Waals surface area (Å²) in [4.78, 5) is 0.